The summed E-state index contributed by atoms with van der Waals surface area (Å²) in [5.74, 6) is 0.376. The maximum Gasteiger partial charge on any atom is 0.240 e. The van der Waals surface area contributed by atoms with Gasteiger partial charge in [0.25, 0.3) is 0 Å². The Morgan fingerprint density at radius 1 is 0.947 bits per heavy atom. The predicted octanol–water partition coefficient (Wildman–Crippen LogP) is -0.396. The van der Waals surface area contributed by atoms with Gasteiger partial charge in [0.05, 0.1) is 42.6 Å². The van der Waals surface area contributed by atoms with Crippen molar-refractivity contribution >= 4 is 0 Å². The molecule has 5 rings (SSSR count). The molecule has 1 aromatic rings. The van der Waals surface area contributed by atoms with Gasteiger partial charge in [0, 0.05) is 0 Å². The molecule has 3 N–H and O–H groups in total. The van der Waals surface area contributed by atoms with E-state index in [0.29, 0.717) is 22.7 Å². The Morgan fingerprint density at radius 3 is 1.89 bits per heavy atom. The van der Waals surface area contributed by atoms with Crippen molar-refractivity contribution < 1.29 is 14.9 Å². The third-order valence-corrected chi connectivity index (χ3v) is 5.51. The van der Waals surface area contributed by atoms with E-state index in [-0.39, 0.29) is 0 Å². The van der Waals surface area contributed by atoms with E-state index in [1.54, 1.807) is 9.80 Å². The molecule has 0 saturated carbocycles. The lowest BCUT2D eigenvalue weighted by molar-refractivity contribution is -1.18. The van der Waals surface area contributed by atoms with E-state index in [4.69, 9.17) is 0 Å². The quantitative estimate of drug-likeness (QED) is 0.630. The second-order valence-electron chi connectivity index (χ2n) is 7.85. The van der Waals surface area contributed by atoms with Crippen LogP contribution in [-0.2, 0) is 0 Å². The molecule has 3 heteroatoms. The summed E-state index contributed by atoms with van der Waals surface area (Å²) in [6.45, 7) is 10.2. The first-order chi connectivity index (χ1) is 8.96. The molecule has 1 aromatic carbocycles. The summed E-state index contributed by atoms with van der Waals surface area (Å²) in [6, 6.07) is 7.91. The highest BCUT2D eigenvalue weighted by molar-refractivity contribution is 5.26. The molecule has 0 atom stereocenters. The largest absolute Gasteiger partial charge is 0.508 e. The molecule has 102 valence electrons. The molecule has 3 nitrogen and oxygen atoms in total. The highest BCUT2D eigenvalue weighted by atomic mass is 16.3. The van der Waals surface area contributed by atoms with Crippen molar-refractivity contribution in [1.29, 1.82) is 0 Å². The number of quaternary nitrogens is 2. The summed E-state index contributed by atoms with van der Waals surface area (Å²) >= 11 is 0. The van der Waals surface area contributed by atoms with Gasteiger partial charge >= 0.3 is 0 Å². The first kappa shape index (κ1) is 11.7. The minimum atomic E-state index is 0.376. The number of hydrogen-bond acceptors (Lipinski definition) is 1. The van der Waals surface area contributed by atoms with Crippen LogP contribution in [0.3, 0.4) is 0 Å². The molecule has 0 amide bonds. The van der Waals surface area contributed by atoms with E-state index in [9.17, 15) is 5.11 Å². The Labute approximate surface area is 114 Å². The molecule has 4 fully saturated rings. The van der Waals surface area contributed by atoms with Crippen molar-refractivity contribution in [2.75, 3.05) is 26.2 Å². The van der Waals surface area contributed by atoms with Crippen molar-refractivity contribution in [3.8, 4) is 5.75 Å². The summed E-state index contributed by atoms with van der Waals surface area (Å²) < 4.78 is 0. The highest BCUT2D eigenvalue weighted by Crippen LogP contribution is 2.39. The zero-order valence-corrected chi connectivity index (χ0v) is 11.9. The monoisotopic (exact) mass is 260 g/mol. The molecule has 0 unspecified atom stereocenters. The first-order valence-electron chi connectivity index (χ1n) is 7.45. The minimum absolute atomic E-state index is 0.376. The van der Waals surface area contributed by atoms with Crippen molar-refractivity contribution in [3.05, 3.63) is 29.8 Å². The second-order valence-corrected chi connectivity index (χ2v) is 7.85. The fraction of sp³-hybridized carbons (Fsp3) is 0.625. The van der Waals surface area contributed by atoms with Crippen LogP contribution in [0.4, 0.5) is 0 Å². The van der Waals surface area contributed by atoms with E-state index in [0.717, 1.165) is 0 Å². The maximum atomic E-state index is 9.48. The molecule has 0 aromatic heterocycles. The fourth-order valence-electron chi connectivity index (χ4n) is 5.56. The van der Waals surface area contributed by atoms with Gasteiger partial charge in [-0.3, -0.25) is 9.80 Å². The van der Waals surface area contributed by atoms with Crippen LogP contribution in [0.15, 0.2) is 24.3 Å². The topological polar surface area (TPSA) is 29.1 Å². The zero-order chi connectivity index (χ0) is 13.3. The lowest BCUT2D eigenvalue weighted by Gasteiger charge is -2.60. The summed E-state index contributed by atoms with van der Waals surface area (Å²) in [5, 5.41) is 9.48. The number of aromatic hydroxyl groups is 1. The van der Waals surface area contributed by atoms with E-state index in [1.807, 2.05) is 12.1 Å². The van der Waals surface area contributed by atoms with Crippen LogP contribution < -0.4 is 9.80 Å². The molecule has 4 saturated heterocycles. The van der Waals surface area contributed by atoms with Crippen LogP contribution in [0.1, 0.15) is 32.0 Å². The molecule has 4 bridgehead atoms. The van der Waals surface area contributed by atoms with E-state index in [2.05, 4.69) is 26.0 Å². The normalized spacial score (nSPS) is 47.6. The standard InChI is InChI=1S/C16H22N2O/c1-15-7-16(2)10-17(8-15)14(18(9-15)11-16)12-3-5-13(19)6-4-12/h3-6,14,19H,7-11H2,1-2H3/p+2. The average Bonchev–Trinajstić information content (AvgIpc) is 2.27. The van der Waals surface area contributed by atoms with Gasteiger partial charge < -0.3 is 5.11 Å². The van der Waals surface area contributed by atoms with Gasteiger partial charge in [-0.05, 0) is 44.5 Å². The highest BCUT2D eigenvalue weighted by Gasteiger charge is 2.62. The number of phenolic OH excluding ortho intramolecular Hbond substituents is 1. The molecule has 0 spiro atoms. The Morgan fingerprint density at radius 2 is 1.42 bits per heavy atom. The number of phenols is 1. The van der Waals surface area contributed by atoms with Crippen LogP contribution in [0, 0.1) is 10.8 Å². The van der Waals surface area contributed by atoms with Gasteiger partial charge in [-0.15, -0.1) is 0 Å². The zero-order valence-electron chi connectivity index (χ0n) is 11.9. The molecule has 0 radical (unpaired) electrons. The Balaban J connectivity index is 1.71. The lowest BCUT2D eigenvalue weighted by atomic mass is 9.63. The van der Waals surface area contributed by atoms with E-state index >= 15 is 0 Å². The van der Waals surface area contributed by atoms with Gasteiger partial charge in [-0.1, -0.05) is 0 Å². The molecular weight excluding hydrogens is 236 g/mol. The third kappa shape index (κ3) is 1.72. The number of nitrogens with one attached hydrogen (secondary N) is 2. The molecule has 19 heavy (non-hydrogen) atoms. The first-order valence-corrected chi connectivity index (χ1v) is 7.45. The van der Waals surface area contributed by atoms with Crippen molar-refractivity contribution in [2.24, 2.45) is 10.8 Å². The number of rotatable bonds is 1. The van der Waals surface area contributed by atoms with Gasteiger partial charge in [0.1, 0.15) is 5.75 Å². The average molecular weight is 260 g/mol. The fourth-order valence-corrected chi connectivity index (χ4v) is 5.56. The Hall–Kier alpha value is -1.06. The van der Waals surface area contributed by atoms with Crippen LogP contribution in [0.25, 0.3) is 0 Å². The minimum Gasteiger partial charge on any atom is -0.508 e. The molecule has 4 heterocycles. The number of benzene rings is 1. The van der Waals surface area contributed by atoms with E-state index in [1.165, 1.54) is 38.2 Å². The van der Waals surface area contributed by atoms with Crippen LogP contribution in [0.2, 0.25) is 0 Å². The van der Waals surface area contributed by atoms with Gasteiger partial charge in [0.2, 0.25) is 6.17 Å². The number of hydrogen-bond donors (Lipinski definition) is 3. The van der Waals surface area contributed by atoms with Crippen molar-refractivity contribution in [2.45, 2.75) is 26.4 Å². The van der Waals surface area contributed by atoms with Crippen molar-refractivity contribution in [3.63, 3.8) is 0 Å². The van der Waals surface area contributed by atoms with Crippen LogP contribution >= 0.6 is 0 Å². The SMILES string of the molecule is CC12C[NH+]3CC(C)(C[NH+](C1)C3c1ccc(O)cc1)C2. The van der Waals surface area contributed by atoms with Gasteiger partial charge in [-0.25, -0.2) is 0 Å². The summed E-state index contributed by atoms with van der Waals surface area (Å²) in [4.78, 5) is 3.52. The Kier molecular flexibility index (Phi) is 2.18. The second kappa shape index (κ2) is 3.53. The summed E-state index contributed by atoms with van der Waals surface area (Å²) in [5.41, 5.74) is 2.49. The smallest absolute Gasteiger partial charge is 0.240 e. The lowest BCUT2D eigenvalue weighted by Crippen LogP contribution is -3.40. The third-order valence-electron chi connectivity index (χ3n) is 5.51. The van der Waals surface area contributed by atoms with Crippen LogP contribution in [0.5, 0.6) is 5.75 Å². The summed E-state index contributed by atoms with van der Waals surface area (Å²) in [7, 11) is 0. The predicted molar refractivity (Wildman–Crippen MR) is 73.1 cm³/mol. The molecule has 4 aliphatic rings. The van der Waals surface area contributed by atoms with Gasteiger partial charge in [0.15, 0.2) is 0 Å². The molecule has 0 aliphatic carbocycles. The molecular formula is C16H24N2O+2. The van der Waals surface area contributed by atoms with E-state index < -0.39 is 0 Å². The number of piperidine rings is 2. The molecule has 4 aliphatic heterocycles. The van der Waals surface area contributed by atoms with Gasteiger partial charge in [-0.2, -0.15) is 0 Å². The summed E-state index contributed by atoms with van der Waals surface area (Å²) in [6.07, 6.45) is 2.00. The Bertz CT molecular complexity index is 474. The van der Waals surface area contributed by atoms with Crippen molar-refractivity contribution in [1.82, 2.24) is 0 Å². The maximum absolute atomic E-state index is 9.48. The van der Waals surface area contributed by atoms with Crippen LogP contribution in [-0.4, -0.2) is 31.3 Å².